The van der Waals surface area contributed by atoms with Gasteiger partial charge in [0.25, 0.3) is 0 Å². The normalized spacial score (nSPS) is 11.6. The minimum Gasteiger partial charge on any atom is -0.491 e. The molecule has 0 aliphatic heterocycles. The van der Waals surface area contributed by atoms with Crippen molar-refractivity contribution in [2.75, 3.05) is 27.9 Å². The molecule has 0 aliphatic carbocycles. The van der Waals surface area contributed by atoms with Crippen molar-refractivity contribution in [3.05, 3.63) is 23.8 Å². The third kappa shape index (κ3) is 8.25. The van der Waals surface area contributed by atoms with Crippen molar-refractivity contribution in [1.82, 2.24) is 4.81 Å². The average molecular weight is 406 g/mol. The molecule has 8 nitrogen and oxygen atoms in total. The number of para-hydroxylation sites is 1. The molecule has 0 aliphatic rings. The van der Waals surface area contributed by atoms with Gasteiger partial charge in [-0.05, 0) is 37.8 Å². The van der Waals surface area contributed by atoms with Crippen LogP contribution < -0.4 is 4.74 Å². The molecule has 0 radical (unpaired) electrons. The molecule has 1 aromatic carbocycles. The monoisotopic (exact) mass is 406 g/mol. The Morgan fingerprint density at radius 2 is 1.93 bits per heavy atom. The molecule has 1 rings (SSSR count). The van der Waals surface area contributed by atoms with Crippen LogP contribution in [0.4, 0.5) is 5.69 Å². The van der Waals surface area contributed by atoms with E-state index in [9.17, 15) is 14.6 Å². The summed E-state index contributed by atoms with van der Waals surface area (Å²) in [6.45, 7) is 6.71. The fourth-order valence-corrected chi connectivity index (χ4v) is 2.36. The lowest BCUT2D eigenvalue weighted by Gasteiger charge is -2.20. The number of hydrogen-bond donors (Lipinski definition) is 1. The van der Waals surface area contributed by atoms with Crippen molar-refractivity contribution in [1.29, 1.82) is 0 Å². The summed E-state index contributed by atoms with van der Waals surface area (Å²) in [5.41, 5.74) is 1.08. The highest BCUT2D eigenvalue weighted by Crippen LogP contribution is 2.33. The van der Waals surface area contributed by atoms with Crippen LogP contribution in [0, 0.1) is 5.92 Å². The van der Waals surface area contributed by atoms with Gasteiger partial charge in [-0.25, -0.2) is 9.79 Å². The van der Waals surface area contributed by atoms with Crippen LogP contribution in [-0.2, 0) is 25.6 Å². The van der Waals surface area contributed by atoms with Crippen LogP contribution in [0.25, 0.3) is 0 Å². The number of carbonyl (C=O) groups excluding carboxylic acids is 2. The summed E-state index contributed by atoms with van der Waals surface area (Å²) >= 11 is 0. The molecule has 0 saturated heterocycles. The summed E-state index contributed by atoms with van der Waals surface area (Å²) in [7, 11) is 3.55. The third-order valence-electron chi connectivity index (χ3n) is 4.30. The second-order valence-corrected chi connectivity index (χ2v) is 7.14. The summed E-state index contributed by atoms with van der Waals surface area (Å²) in [6.07, 6.45) is 0.530. The smallest absolute Gasteiger partial charge is 0.376 e. The van der Waals surface area contributed by atoms with Crippen LogP contribution in [-0.4, -0.2) is 62.4 Å². The average Bonchev–Trinajstić information content (AvgIpc) is 2.67. The molecule has 0 spiro atoms. The van der Waals surface area contributed by atoms with Crippen molar-refractivity contribution in [2.24, 2.45) is 10.9 Å². The zero-order valence-corrected chi connectivity index (χ0v) is 18.1. The summed E-state index contributed by atoms with van der Waals surface area (Å²) in [5.74, 6) is -0.359. The Morgan fingerprint density at radius 3 is 2.48 bits per heavy atom. The number of rotatable bonds is 11. The van der Waals surface area contributed by atoms with Gasteiger partial charge in [0.2, 0.25) is 0 Å². The van der Waals surface area contributed by atoms with Crippen LogP contribution >= 0.6 is 0 Å². The Balaban J connectivity index is 3.40. The predicted molar refractivity (Wildman–Crippen MR) is 112 cm³/mol. The van der Waals surface area contributed by atoms with E-state index in [0.29, 0.717) is 30.5 Å². The maximum absolute atomic E-state index is 12.2. The Bertz CT molecular complexity index is 721. The molecule has 0 fully saturated rings. The van der Waals surface area contributed by atoms with E-state index in [4.69, 9.17) is 9.47 Å². The van der Waals surface area contributed by atoms with E-state index in [-0.39, 0.29) is 12.1 Å². The summed E-state index contributed by atoms with van der Waals surface area (Å²) < 4.78 is 15.4. The minimum absolute atomic E-state index is 0.0831. The van der Waals surface area contributed by atoms with Gasteiger partial charge in [-0.15, -0.1) is 0 Å². The van der Waals surface area contributed by atoms with Gasteiger partial charge in [-0.1, -0.05) is 26.0 Å². The van der Waals surface area contributed by atoms with E-state index in [1.165, 1.54) is 14.2 Å². The number of aliphatic imine (C=N–C) groups is 1. The maximum atomic E-state index is 12.2. The van der Waals surface area contributed by atoms with Crippen LogP contribution in [0.15, 0.2) is 23.2 Å². The number of esters is 2. The topological polar surface area (TPSA) is 97.7 Å². The number of methoxy groups -OCH3 is 2. The van der Waals surface area contributed by atoms with Crippen LogP contribution in [0.3, 0.4) is 0 Å². The number of hydrogen-bond acceptors (Lipinski definition) is 8. The molecule has 0 atom stereocenters. The highest BCUT2D eigenvalue weighted by molar-refractivity contribution is 6.45. The summed E-state index contributed by atoms with van der Waals surface area (Å²) in [5, 5.41) is 9.83. The second kappa shape index (κ2) is 12.2. The van der Waals surface area contributed by atoms with Crippen molar-refractivity contribution in [2.45, 2.75) is 40.1 Å². The zero-order valence-electron chi connectivity index (χ0n) is 18.1. The number of nitrogens with zero attached hydrogens (tertiary/aromatic N) is 2. The van der Waals surface area contributed by atoms with Gasteiger partial charge in [0.15, 0.2) is 0 Å². The van der Waals surface area contributed by atoms with E-state index in [2.05, 4.69) is 23.6 Å². The Morgan fingerprint density at radius 1 is 1.24 bits per heavy atom. The fourth-order valence-electron chi connectivity index (χ4n) is 2.36. The first kappa shape index (κ1) is 24.7. The van der Waals surface area contributed by atoms with Crippen molar-refractivity contribution < 1.29 is 28.8 Å². The Hall–Kier alpha value is -2.39. The van der Waals surface area contributed by atoms with Gasteiger partial charge < -0.3 is 24.0 Å². The molecule has 0 unspecified atom stereocenters. The zero-order chi connectivity index (χ0) is 22.0. The largest absolute Gasteiger partial charge is 0.491 e. The van der Waals surface area contributed by atoms with E-state index in [1.54, 1.807) is 24.7 Å². The molecule has 0 aromatic heterocycles. The van der Waals surface area contributed by atoms with Gasteiger partial charge >= 0.3 is 19.0 Å². The Kier molecular flexibility index (Phi) is 10.4. The molecule has 9 heteroatoms. The van der Waals surface area contributed by atoms with Gasteiger partial charge in [0.05, 0.1) is 27.2 Å². The van der Waals surface area contributed by atoms with E-state index < -0.39 is 19.0 Å². The minimum atomic E-state index is -0.720. The van der Waals surface area contributed by atoms with Crippen molar-refractivity contribution >= 4 is 30.4 Å². The summed E-state index contributed by atoms with van der Waals surface area (Å²) in [4.78, 5) is 30.1. The molecule has 0 saturated carbocycles. The molecule has 0 bridgehead atoms. The molecule has 29 heavy (non-hydrogen) atoms. The fraction of sp³-hybridized carbons (Fsp3) is 0.550. The van der Waals surface area contributed by atoms with Crippen molar-refractivity contribution in [3.8, 4) is 5.75 Å². The van der Waals surface area contributed by atoms with Crippen LogP contribution in [0.1, 0.15) is 32.3 Å². The summed E-state index contributed by atoms with van der Waals surface area (Å²) in [6, 6.07) is 5.42. The number of carbonyl (C=O) groups is 2. The van der Waals surface area contributed by atoms with Gasteiger partial charge in [0, 0.05) is 6.54 Å². The van der Waals surface area contributed by atoms with E-state index in [1.807, 2.05) is 12.1 Å². The first-order valence-corrected chi connectivity index (χ1v) is 9.55. The van der Waals surface area contributed by atoms with Gasteiger partial charge in [0.1, 0.15) is 17.1 Å². The van der Waals surface area contributed by atoms with E-state index in [0.717, 1.165) is 12.0 Å². The van der Waals surface area contributed by atoms with Crippen LogP contribution in [0.2, 0.25) is 6.82 Å². The molecule has 160 valence electrons. The molecule has 0 amide bonds. The van der Waals surface area contributed by atoms with Gasteiger partial charge in [-0.2, -0.15) is 0 Å². The molecule has 1 N–H and O–H groups in total. The molecular formula is C20H31BN2O6. The van der Waals surface area contributed by atoms with E-state index >= 15 is 0 Å². The lowest BCUT2D eigenvalue weighted by Crippen LogP contribution is -2.32. The standard InChI is InChI=1S/C20H31BN2O6/c1-14(2)10-11-29-17-9-7-8-15(13-23(4)21(3)26)19(17)22-16(20(25)28-6)12-18(24)27-5/h7-9,14,26H,10-13H2,1-6H3. The highest BCUT2D eigenvalue weighted by Gasteiger charge is 2.21. The second-order valence-electron chi connectivity index (χ2n) is 7.14. The Labute approximate surface area is 173 Å². The molecule has 0 heterocycles. The van der Waals surface area contributed by atoms with Gasteiger partial charge in [-0.3, -0.25) is 4.79 Å². The van der Waals surface area contributed by atoms with Crippen molar-refractivity contribution in [3.63, 3.8) is 0 Å². The molecule has 1 aromatic rings. The predicted octanol–water partition coefficient (Wildman–Crippen LogP) is 2.46. The lowest BCUT2D eigenvalue weighted by molar-refractivity contribution is -0.140. The van der Waals surface area contributed by atoms with Crippen LogP contribution in [0.5, 0.6) is 5.75 Å². The molecular weight excluding hydrogens is 375 g/mol. The maximum Gasteiger partial charge on any atom is 0.376 e. The highest BCUT2D eigenvalue weighted by atomic mass is 16.5. The first-order valence-electron chi connectivity index (χ1n) is 9.55. The third-order valence-corrected chi connectivity index (χ3v) is 4.30. The first-order chi connectivity index (χ1) is 13.7. The number of ether oxygens (including phenoxy) is 3. The SMILES string of the molecule is COC(=O)CC(=Nc1c(CN(C)B(C)O)cccc1OCCC(C)C)C(=O)OC. The quantitative estimate of drug-likeness (QED) is 0.343. The lowest BCUT2D eigenvalue weighted by atomic mass is 9.85. The number of benzene rings is 1.